The molecule has 0 atom stereocenters. The summed E-state index contributed by atoms with van der Waals surface area (Å²) in [6.07, 6.45) is 0.313. The molecule has 3 aliphatic heterocycles. The van der Waals surface area contributed by atoms with Crippen molar-refractivity contribution in [3.8, 4) is 0 Å². The number of carbonyl (C=O) groups is 2. The number of morpholine rings is 3. The molecule has 18 nitrogen and oxygen atoms in total. The summed E-state index contributed by atoms with van der Waals surface area (Å²) in [7, 11) is 12.9. The van der Waals surface area contributed by atoms with Crippen LogP contribution in [0.4, 0.5) is 0 Å². The normalized spacial score (nSPS) is 17.9. The molecule has 0 aliphatic carbocycles. The first-order chi connectivity index (χ1) is 29.2. The van der Waals surface area contributed by atoms with Gasteiger partial charge in [0, 0.05) is 5.92 Å². The molecule has 3 aliphatic rings. The molecule has 0 amide bonds. The maximum atomic E-state index is 12.2. The standard InChI is InChI=1S/C28H52N9O3.C16H32NO5.3CH4/c1-35(10-16-38-17-11-35)7-4-29-25-32-22-28(23-33-26-30-5-8-36(2)12-18-39-19-13-36)24-34-27-31-6-9-37(3)14-20-40-21-15-37;1-15(2,13(19)21-10-8-17(5,6)7)12-16(3,4)14(20)22-11-9-18;;;/h28H,4-24H2,1-3H3;18H,8-12H2,1-7H3;3*1H4/q+3;+1;;;. The van der Waals surface area contributed by atoms with E-state index in [-0.39, 0.29) is 47.4 Å². The van der Waals surface area contributed by atoms with E-state index >= 15 is 0 Å². The molecule has 378 valence electrons. The Morgan fingerprint density at radius 1 is 0.585 bits per heavy atom. The molecule has 0 aromatic rings. The maximum Gasteiger partial charge on any atom is 0.311 e. The number of rotatable bonds is 24. The molecule has 0 spiro atoms. The number of likely N-dealkylation sites (N-methyl/N-ethyl adjacent to an activating group) is 4. The number of esters is 2. The molecule has 0 radical (unpaired) electrons. The maximum absolute atomic E-state index is 12.2. The van der Waals surface area contributed by atoms with Crippen molar-refractivity contribution in [2.75, 3.05) is 206 Å². The Morgan fingerprint density at radius 2 is 0.892 bits per heavy atom. The van der Waals surface area contributed by atoms with Crippen LogP contribution < -0.4 is 0 Å². The highest BCUT2D eigenvalue weighted by Crippen LogP contribution is 2.35. The van der Waals surface area contributed by atoms with Crippen molar-refractivity contribution in [2.24, 2.45) is 46.7 Å². The average molecular weight is 929 g/mol. The minimum absolute atomic E-state index is 0. The summed E-state index contributed by atoms with van der Waals surface area (Å²) < 4.78 is 30.4. The number of hydrogen-bond donors (Lipinski definition) is 1. The summed E-state index contributed by atoms with van der Waals surface area (Å²) in [6, 6.07) is 8.66. The number of nitrogens with zero attached hydrogens (tertiary/aromatic N) is 10. The number of hydrogen-bond acceptors (Lipinski definition) is 14. The zero-order chi connectivity index (χ0) is 46.0. The van der Waals surface area contributed by atoms with Crippen LogP contribution in [0, 0.1) is 16.7 Å². The molecule has 0 aromatic carbocycles. The lowest BCUT2D eigenvalue weighted by Gasteiger charge is -2.36. The molecular weight excluding hydrogens is 833 g/mol. The smallest absolute Gasteiger partial charge is 0.311 e. The van der Waals surface area contributed by atoms with Gasteiger partial charge < -0.3 is 46.7 Å². The number of ether oxygens (including phenoxy) is 5. The van der Waals surface area contributed by atoms with Gasteiger partial charge in [-0.05, 0) is 34.1 Å². The van der Waals surface area contributed by atoms with E-state index in [0.717, 1.165) is 119 Å². The third-order valence-corrected chi connectivity index (χ3v) is 11.7. The third kappa shape index (κ3) is 28.5. The van der Waals surface area contributed by atoms with Gasteiger partial charge in [0.1, 0.15) is 59.0 Å². The van der Waals surface area contributed by atoms with Crippen molar-refractivity contribution in [2.45, 2.75) is 56.4 Å². The van der Waals surface area contributed by atoms with Crippen LogP contribution in [0.5, 0.6) is 0 Å². The van der Waals surface area contributed by atoms with Gasteiger partial charge in [0.15, 0.2) is 0 Å². The predicted octanol–water partition coefficient (Wildman–Crippen LogP) is 3.68. The summed E-state index contributed by atoms with van der Waals surface area (Å²) >= 11 is 0. The molecule has 3 saturated heterocycles. The molecule has 65 heavy (non-hydrogen) atoms. The summed E-state index contributed by atoms with van der Waals surface area (Å²) in [5.74, 6) is -0.637. The Kier molecular flexibility index (Phi) is 31.9. The van der Waals surface area contributed by atoms with Gasteiger partial charge in [-0.15, -0.1) is 0 Å². The fourth-order valence-corrected chi connectivity index (χ4v) is 7.07. The fourth-order valence-electron chi connectivity index (χ4n) is 7.07. The van der Waals surface area contributed by atoms with E-state index in [2.05, 4.69) is 69.1 Å². The van der Waals surface area contributed by atoms with Gasteiger partial charge in [0.25, 0.3) is 0 Å². The van der Waals surface area contributed by atoms with Gasteiger partial charge in [-0.25, -0.2) is 30.0 Å². The Balaban J connectivity index is 0. The minimum atomic E-state index is -0.822. The van der Waals surface area contributed by atoms with Crippen LogP contribution in [0.1, 0.15) is 56.4 Å². The highest BCUT2D eigenvalue weighted by atomic mass is 16.5. The van der Waals surface area contributed by atoms with Crippen LogP contribution in [0.25, 0.3) is 0 Å². The lowest BCUT2D eigenvalue weighted by molar-refractivity contribution is -0.915. The average Bonchev–Trinajstić information content (AvgIpc) is 3.20. The van der Waals surface area contributed by atoms with Crippen LogP contribution in [0.15, 0.2) is 30.0 Å². The van der Waals surface area contributed by atoms with Crippen LogP contribution in [0.3, 0.4) is 0 Å². The number of carbonyl (C=O) groups excluding carboxylic acids is 2. The van der Waals surface area contributed by atoms with Crippen LogP contribution in [-0.2, 0) is 33.3 Å². The summed E-state index contributed by atoms with van der Waals surface area (Å²) in [5, 5.41) is 8.71. The first-order valence-electron chi connectivity index (χ1n) is 22.5. The van der Waals surface area contributed by atoms with Crippen LogP contribution in [-0.4, -0.2) is 259 Å². The summed E-state index contributed by atoms with van der Waals surface area (Å²) in [5.41, 5.74) is -1.61. The highest BCUT2D eigenvalue weighted by Gasteiger charge is 2.41. The summed E-state index contributed by atoms with van der Waals surface area (Å²) in [6.45, 7) is 25.7. The second kappa shape index (κ2) is 32.5. The number of quaternary nitrogens is 4. The first kappa shape index (κ1) is 63.8. The number of aliphatic hydroxyl groups excluding tert-OH is 1. The monoisotopic (exact) mass is 929 g/mol. The molecule has 0 bridgehead atoms. The van der Waals surface area contributed by atoms with E-state index < -0.39 is 16.8 Å². The van der Waals surface area contributed by atoms with Crippen LogP contribution in [0.2, 0.25) is 0 Å². The van der Waals surface area contributed by atoms with E-state index in [9.17, 15) is 9.59 Å². The van der Waals surface area contributed by atoms with Gasteiger partial charge in [0.2, 0.25) is 0 Å². The van der Waals surface area contributed by atoms with E-state index in [1.165, 1.54) is 0 Å². The van der Waals surface area contributed by atoms with Crippen molar-refractivity contribution in [1.82, 2.24) is 0 Å². The first-order valence-corrected chi connectivity index (χ1v) is 22.5. The molecule has 18 heteroatoms. The molecule has 0 unspecified atom stereocenters. The Labute approximate surface area is 394 Å². The van der Waals surface area contributed by atoms with Gasteiger partial charge in [-0.2, -0.15) is 0 Å². The highest BCUT2D eigenvalue weighted by molar-refractivity contribution is 5.80. The second-order valence-electron chi connectivity index (χ2n) is 20.0. The molecule has 3 heterocycles. The molecular formula is C47H96N10O8+4. The summed E-state index contributed by atoms with van der Waals surface area (Å²) in [4.78, 5) is 50.7. The Hall–Kier alpha value is -3.24. The van der Waals surface area contributed by atoms with Crippen molar-refractivity contribution >= 4 is 30.0 Å². The van der Waals surface area contributed by atoms with E-state index in [1.807, 2.05) is 21.1 Å². The fraction of sp³-hybridized carbons (Fsp3) is 0.894. The van der Waals surface area contributed by atoms with E-state index in [1.54, 1.807) is 27.7 Å². The van der Waals surface area contributed by atoms with Gasteiger partial charge in [0.05, 0.1) is 176 Å². The molecule has 0 saturated carbocycles. The zero-order valence-electron chi connectivity index (χ0n) is 40.2. The third-order valence-electron chi connectivity index (χ3n) is 11.7. The Morgan fingerprint density at radius 3 is 1.18 bits per heavy atom. The molecule has 1 N–H and O–H groups in total. The molecule has 0 aromatic heterocycles. The van der Waals surface area contributed by atoms with Crippen LogP contribution >= 0.6 is 0 Å². The molecule has 3 fully saturated rings. The van der Waals surface area contributed by atoms with Crippen molar-refractivity contribution in [3.63, 3.8) is 0 Å². The largest absolute Gasteiger partial charge is 0.463 e. The van der Waals surface area contributed by atoms with Gasteiger partial charge in [-0.3, -0.25) is 9.59 Å². The molecule has 3 rings (SSSR count). The second-order valence-corrected chi connectivity index (χ2v) is 20.0. The topological polar surface area (TPSA) is 175 Å². The minimum Gasteiger partial charge on any atom is -0.463 e. The predicted molar refractivity (Wildman–Crippen MR) is 261 cm³/mol. The lowest BCUT2D eigenvalue weighted by atomic mass is 9.75. The van der Waals surface area contributed by atoms with Crippen molar-refractivity contribution in [1.29, 1.82) is 0 Å². The Bertz CT molecular complexity index is 1390. The van der Waals surface area contributed by atoms with Crippen molar-refractivity contribution in [3.05, 3.63) is 0 Å². The van der Waals surface area contributed by atoms with Gasteiger partial charge >= 0.3 is 11.9 Å². The van der Waals surface area contributed by atoms with E-state index in [4.69, 9.17) is 28.8 Å². The van der Waals surface area contributed by atoms with Gasteiger partial charge in [-0.1, -0.05) is 22.3 Å². The lowest BCUT2D eigenvalue weighted by Crippen LogP contribution is -2.53. The number of aliphatic hydroxyl groups is 1. The SMILES string of the molecule is C.C.C.CC(C)(CC(C)(C)C(=O)OCC[N+](C)(C)C)C(=O)OCCO.C[N+]1(CCN=C=NCC(CN=C=NCC[N+]2(C)CCOCC2)CN=C=NCC[N+]2(C)CCOCC2)CCOCC1. The van der Waals surface area contributed by atoms with E-state index in [0.29, 0.717) is 56.8 Å². The quantitative estimate of drug-likeness (QED) is 0.0868. The van der Waals surface area contributed by atoms with Crippen molar-refractivity contribution < 1.29 is 56.3 Å². The number of aliphatic imine (C=N–C) groups is 6. The zero-order valence-corrected chi connectivity index (χ0v) is 40.2.